The van der Waals surface area contributed by atoms with Gasteiger partial charge in [0.2, 0.25) is 6.10 Å². The van der Waals surface area contributed by atoms with Gasteiger partial charge < -0.3 is 24.7 Å². The minimum Gasteiger partial charge on any atom is -0.456 e. The van der Waals surface area contributed by atoms with Crippen molar-refractivity contribution >= 4 is 23.8 Å². The molecule has 2 rings (SSSR count). The quantitative estimate of drug-likeness (QED) is 0.406. The normalized spacial score (nSPS) is 24.6. The van der Waals surface area contributed by atoms with Gasteiger partial charge in [-0.05, 0) is 6.07 Å². The number of aromatic nitrogens is 1. The Morgan fingerprint density at radius 3 is 2.19 bits per heavy atom. The zero-order valence-electron chi connectivity index (χ0n) is 15.1. The molecule has 0 saturated carbocycles. The number of amides is 1. The average Bonchev–Trinajstić information content (AvgIpc) is 2.56. The molecule has 1 aliphatic heterocycles. The van der Waals surface area contributed by atoms with Gasteiger partial charge in [-0.25, -0.2) is 0 Å². The van der Waals surface area contributed by atoms with Crippen molar-refractivity contribution in [3.8, 4) is 0 Å². The number of carbonyl (C=O) groups is 4. The lowest BCUT2D eigenvalue weighted by Crippen LogP contribution is -2.61. The van der Waals surface area contributed by atoms with Crippen molar-refractivity contribution in [1.29, 1.82) is 0 Å². The van der Waals surface area contributed by atoms with Crippen molar-refractivity contribution in [2.75, 3.05) is 6.61 Å². The molecule has 1 aromatic heterocycles. The molecule has 0 bridgehead atoms. The molecule has 0 aromatic carbocycles. The van der Waals surface area contributed by atoms with Crippen LogP contribution in [0.15, 0.2) is 24.5 Å². The first-order valence-corrected chi connectivity index (χ1v) is 8.13. The molecular formula is C17H21N2O8+. The number of ether oxygens (including phenoxy) is 4. The number of carbonyl (C=O) groups excluding carboxylic acids is 4. The van der Waals surface area contributed by atoms with Crippen LogP contribution in [0.3, 0.4) is 0 Å². The van der Waals surface area contributed by atoms with Gasteiger partial charge in [0.05, 0.1) is 6.61 Å². The van der Waals surface area contributed by atoms with Gasteiger partial charge >= 0.3 is 24.1 Å². The van der Waals surface area contributed by atoms with Gasteiger partial charge in [0, 0.05) is 26.8 Å². The highest BCUT2D eigenvalue weighted by atomic mass is 16.6. The summed E-state index contributed by atoms with van der Waals surface area (Å²) in [4.78, 5) is 46.0. The van der Waals surface area contributed by atoms with Crippen LogP contribution in [0.2, 0.25) is 0 Å². The van der Waals surface area contributed by atoms with E-state index in [1.807, 2.05) is 0 Å². The van der Waals surface area contributed by atoms with Crippen molar-refractivity contribution in [3.05, 3.63) is 30.1 Å². The molecule has 0 spiro atoms. The summed E-state index contributed by atoms with van der Waals surface area (Å²) in [5.41, 5.74) is 5.49. The van der Waals surface area contributed by atoms with Crippen molar-refractivity contribution in [1.82, 2.24) is 0 Å². The Bertz CT molecular complexity index is 750. The molecular weight excluding hydrogens is 360 g/mol. The SMILES string of the molecule is CC(=O)O[C@@H]1[C@H](OC(C)=O)[C@@H](OC(C)=O)CO[C@@H]1[n+]1cccc(C(N)=O)c1. The second-order valence-electron chi connectivity index (χ2n) is 5.92. The Morgan fingerprint density at radius 2 is 1.63 bits per heavy atom. The van der Waals surface area contributed by atoms with Gasteiger partial charge in [0.25, 0.3) is 5.91 Å². The fourth-order valence-corrected chi connectivity index (χ4v) is 2.78. The van der Waals surface area contributed by atoms with Gasteiger partial charge in [-0.2, -0.15) is 4.57 Å². The van der Waals surface area contributed by atoms with E-state index >= 15 is 0 Å². The highest BCUT2D eigenvalue weighted by Gasteiger charge is 2.51. The highest BCUT2D eigenvalue weighted by Crippen LogP contribution is 2.27. The van der Waals surface area contributed by atoms with E-state index in [0.717, 1.165) is 0 Å². The van der Waals surface area contributed by atoms with Crippen LogP contribution in [-0.2, 0) is 33.3 Å². The van der Waals surface area contributed by atoms with Crippen LogP contribution in [0.4, 0.5) is 0 Å². The van der Waals surface area contributed by atoms with Gasteiger partial charge in [-0.3, -0.25) is 19.2 Å². The minimum atomic E-state index is -1.13. The van der Waals surface area contributed by atoms with Gasteiger partial charge in [-0.15, -0.1) is 0 Å². The number of rotatable bonds is 5. The maximum absolute atomic E-state index is 11.6. The van der Waals surface area contributed by atoms with Crippen molar-refractivity contribution in [3.63, 3.8) is 0 Å². The molecule has 0 unspecified atom stereocenters. The van der Waals surface area contributed by atoms with E-state index in [2.05, 4.69) is 0 Å². The summed E-state index contributed by atoms with van der Waals surface area (Å²) in [6, 6.07) is 3.07. The smallest absolute Gasteiger partial charge is 0.304 e. The Kier molecular flexibility index (Phi) is 6.45. The first-order valence-electron chi connectivity index (χ1n) is 8.13. The molecule has 27 heavy (non-hydrogen) atoms. The predicted octanol–water partition coefficient (Wildman–Crippen LogP) is -0.603. The fraction of sp³-hybridized carbons (Fsp3) is 0.471. The summed E-state index contributed by atoms with van der Waals surface area (Å²) >= 11 is 0. The maximum atomic E-state index is 11.6. The van der Waals surface area contributed by atoms with Crippen LogP contribution in [0.25, 0.3) is 0 Å². The summed E-state index contributed by atoms with van der Waals surface area (Å²) in [5, 5.41) is 0. The third-order valence-electron chi connectivity index (χ3n) is 3.72. The number of pyridine rings is 1. The van der Waals surface area contributed by atoms with Crippen LogP contribution in [0.1, 0.15) is 37.4 Å². The predicted molar refractivity (Wildman–Crippen MR) is 86.8 cm³/mol. The van der Waals surface area contributed by atoms with E-state index in [1.54, 1.807) is 12.3 Å². The van der Waals surface area contributed by atoms with Gasteiger partial charge in [-0.1, -0.05) is 0 Å². The molecule has 1 saturated heterocycles. The number of hydrogen-bond acceptors (Lipinski definition) is 8. The van der Waals surface area contributed by atoms with Crippen LogP contribution < -0.4 is 10.3 Å². The second kappa shape index (κ2) is 8.58. The number of primary amides is 1. The van der Waals surface area contributed by atoms with E-state index in [9.17, 15) is 19.2 Å². The van der Waals surface area contributed by atoms with Crippen molar-refractivity contribution < 1.29 is 42.7 Å². The molecule has 1 amide bonds. The summed E-state index contributed by atoms with van der Waals surface area (Å²) in [6.45, 7) is 3.44. The summed E-state index contributed by atoms with van der Waals surface area (Å²) in [5.74, 6) is -2.56. The minimum absolute atomic E-state index is 0.117. The lowest BCUT2D eigenvalue weighted by molar-refractivity contribution is -0.774. The summed E-state index contributed by atoms with van der Waals surface area (Å²) < 4.78 is 22.9. The standard InChI is InChI=1S/C17H20N2O8/c1-9(20)25-13-8-24-17(19-6-4-5-12(7-19)16(18)23)15(27-11(3)22)14(13)26-10(2)21/h4-7,13-15,17H,8H2,1-3H3,(H-,18,23)/p+1/t13-,14+,15+,17-/m0/s1. The third kappa shape index (κ3) is 5.23. The van der Waals surface area contributed by atoms with E-state index < -0.39 is 48.4 Å². The number of nitrogens with two attached hydrogens (primary N) is 1. The lowest BCUT2D eigenvalue weighted by atomic mass is 10.0. The highest BCUT2D eigenvalue weighted by molar-refractivity contribution is 5.92. The van der Waals surface area contributed by atoms with Crippen LogP contribution in [0, 0.1) is 0 Å². The Labute approximate surface area is 155 Å². The summed E-state index contributed by atoms with van der Waals surface area (Å²) in [7, 11) is 0. The average molecular weight is 381 g/mol. The van der Waals surface area contributed by atoms with E-state index in [-0.39, 0.29) is 12.2 Å². The molecule has 0 aliphatic carbocycles. The molecule has 0 radical (unpaired) electrons. The fourth-order valence-electron chi connectivity index (χ4n) is 2.78. The van der Waals surface area contributed by atoms with Crippen LogP contribution in [0.5, 0.6) is 0 Å². The monoisotopic (exact) mass is 381 g/mol. The first-order chi connectivity index (χ1) is 12.7. The lowest BCUT2D eigenvalue weighted by Gasteiger charge is -2.37. The Morgan fingerprint density at radius 1 is 1.04 bits per heavy atom. The molecule has 146 valence electrons. The van der Waals surface area contributed by atoms with E-state index in [1.165, 1.54) is 37.6 Å². The zero-order valence-corrected chi connectivity index (χ0v) is 15.1. The number of hydrogen-bond donors (Lipinski definition) is 1. The number of esters is 3. The molecule has 1 aromatic rings. The second-order valence-corrected chi connectivity index (χ2v) is 5.92. The zero-order chi connectivity index (χ0) is 20.1. The first kappa shape index (κ1) is 20.3. The Balaban J connectivity index is 2.42. The Hall–Kier alpha value is -3.01. The van der Waals surface area contributed by atoms with Crippen molar-refractivity contribution in [2.45, 2.75) is 45.3 Å². The summed E-state index contributed by atoms with van der Waals surface area (Å²) in [6.07, 6.45) is -1.14. The third-order valence-corrected chi connectivity index (χ3v) is 3.72. The van der Waals surface area contributed by atoms with Crippen molar-refractivity contribution in [2.24, 2.45) is 5.73 Å². The number of nitrogens with zero attached hydrogens (tertiary/aromatic N) is 1. The molecule has 10 nitrogen and oxygen atoms in total. The van der Waals surface area contributed by atoms with Crippen LogP contribution >= 0.6 is 0 Å². The molecule has 4 atom stereocenters. The van der Waals surface area contributed by atoms with E-state index in [0.29, 0.717) is 0 Å². The van der Waals surface area contributed by atoms with Crippen LogP contribution in [-0.4, -0.2) is 48.7 Å². The largest absolute Gasteiger partial charge is 0.456 e. The van der Waals surface area contributed by atoms with E-state index in [4.69, 9.17) is 24.7 Å². The molecule has 1 fully saturated rings. The van der Waals surface area contributed by atoms with Gasteiger partial charge in [0.1, 0.15) is 5.56 Å². The molecule has 1 aliphatic rings. The molecule has 10 heteroatoms. The molecule has 2 N–H and O–H groups in total. The molecule has 2 heterocycles. The topological polar surface area (TPSA) is 135 Å². The maximum Gasteiger partial charge on any atom is 0.304 e. The van der Waals surface area contributed by atoms with Gasteiger partial charge in [0.15, 0.2) is 24.6 Å².